The van der Waals surface area contributed by atoms with Crippen LogP contribution in [0.4, 0.5) is 22.1 Å². The van der Waals surface area contributed by atoms with Crippen LogP contribution in [0.25, 0.3) is 0 Å². The summed E-state index contributed by atoms with van der Waals surface area (Å²) in [6.45, 7) is 2.67. The number of benzene rings is 1. The molecule has 2 aromatic rings. The van der Waals surface area contributed by atoms with Crippen LogP contribution in [0.2, 0.25) is 0 Å². The zero-order valence-electron chi connectivity index (χ0n) is 17.0. The van der Waals surface area contributed by atoms with Gasteiger partial charge in [-0.3, -0.25) is 14.5 Å². The lowest BCUT2D eigenvalue weighted by molar-refractivity contribution is -0.113. The number of nitrogens with zero attached hydrogens (tertiary/aromatic N) is 2. The van der Waals surface area contributed by atoms with Crippen LogP contribution in [0.5, 0.6) is 0 Å². The fraction of sp³-hybridized carbons (Fsp3) is 0.333. The Balaban J connectivity index is 1.28. The van der Waals surface area contributed by atoms with Gasteiger partial charge < -0.3 is 21.1 Å². The predicted octanol–water partition coefficient (Wildman–Crippen LogP) is 2.55. The molecule has 0 aliphatic carbocycles. The van der Waals surface area contributed by atoms with Crippen molar-refractivity contribution in [2.75, 3.05) is 34.8 Å². The molecule has 4 N–H and O–H groups in total. The number of fused-ring (bicyclic) bond motifs is 1. The summed E-state index contributed by atoms with van der Waals surface area (Å²) in [6.07, 6.45) is 0.482. The smallest absolute Gasteiger partial charge is 0.415 e. The van der Waals surface area contributed by atoms with Gasteiger partial charge in [0.05, 0.1) is 22.8 Å². The third-order valence-corrected chi connectivity index (χ3v) is 6.21. The van der Waals surface area contributed by atoms with Gasteiger partial charge in [-0.2, -0.15) is 0 Å². The summed E-state index contributed by atoms with van der Waals surface area (Å²) in [6, 6.07) is 8.94. The van der Waals surface area contributed by atoms with Gasteiger partial charge in [0.25, 0.3) is 5.91 Å². The van der Waals surface area contributed by atoms with Crippen LogP contribution >= 0.6 is 11.8 Å². The molecule has 0 bridgehead atoms. The minimum Gasteiger partial charge on any atom is -0.444 e. The maximum Gasteiger partial charge on any atom is 0.415 e. The van der Waals surface area contributed by atoms with Gasteiger partial charge in [0, 0.05) is 12.2 Å². The van der Waals surface area contributed by atoms with Gasteiger partial charge in [-0.05, 0) is 43.5 Å². The van der Waals surface area contributed by atoms with Crippen molar-refractivity contribution in [1.29, 1.82) is 0 Å². The summed E-state index contributed by atoms with van der Waals surface area (Å²) >= 11 is 1.41. The van der Waals surface area contributed by atoms with Crippen LogP contribution in [0.15, 0.2) is 35.2 Å². The summed E-state index contributed by atoms with van der Waals surface area (Å²) in [5.74, 6) is 0.933. The van der Waals surface area contributed by atoms with Crippen molar-refractivity contribution < 1.29 is 19.1 Å². The number of aryl methyl sites for hydroxylation is 1. The van der Waals surface area contributed by atoms with Gasteiger partial charge in [0.1, 0.15) is 17.7 Å². The summed E-state index contributed by atoms with van der Waals surface area (Å²) in [5, 5.41) is 5.58. The monoisotopic (exact) mass is 441 g/mol. The number of aromatic nitrogens is 1. The molecular formula is C21H23N5O4S. The number of anilines is 3. The van der Waals surface area contributed by atoms with Gasteiger partial charge in [-0.25, -0.2) is 9.78 Å². The second kappa shape index (κ2) is 8.84. The highest BCUT2D eigenvalue weighted by atomic mass is 32.2. The molecule has 9 nitrogen and oxygen atoms in total. The highest BCUT2D eigenvalue weighted by Gasteiger charge is 2.33. The molecular weight excluding hydrogens is 418 g/mol. The molecule has 0 saturated carbocycles. The molecule has 1 aromatic heterocycles. The number of pyridine rings is 1. The lowest BCUT2D eigenvalue weighted by Gasteiger charge is -2.18. The SMILES string of the molecule is Cc1cccc(C(=O)NCCCC2CN(c3ccc4c(n3)NC(=O)CS4)C(=O)O2)c1N. The van der Waals surface area contributed by atoms with Gasteiger partial charge in [-0.15, -0.1) is 11.8 Å². The lowest BCUT2D eigenvalue weighted by Crippen LogP contribution is -2.28. The summed E-state index contributed by atoms with van der Waals surface area (Å²) in [7, 11) is 0. The summed E-state index contributed by atoms with van der Waals surface area (Å²) < 4.78 is 5.44. The average Bonchev–Trinajstić information content (AvgIpc) is 3.13. The molecule has 162 valence electrons. The zero-order valence-corrected chi connectivity index (χ0v) is 17.8. The van der Waals surface area contributed by atoms with Crippen LogP contribution in [-0.4, -0.2) is 47.8 Å². The number of carbonyl (C=O) groups is 3. The maximum atomic E-state index is 12.3. The first kappa shape index (κ1) is 21.0. The Morgan fingerprint density at radius 2 is 2.19 bits per heavy atom. The number of nitrogens with one attached hydrogen (secondary N) is 2. The number of para-hydroxylation sites is 1. The van der Waals surface area contributed by atoms with E-state index < -0.39 is 6.09 Å². The molecule has 3 heterocycles. The molecule has 2 aliphatic rings. The van der Waals surface area contributed by atoms with E-state index >= 15 is 0 Å². The highest BCUT2D eigenvalue weighted by molar-refractivity contribution is 8.00. The van der Waals surface area contributed by atoms with E-state index in [-0.39, 0.29) is 17.9 Å². The van der Waals surface area contributed by atoms with Crippen LogP contribution in [0.1, 0.15) is 28.8 Å². The first-order valence-electron chi connectivity index (χ1n) is 9.97. The molecule has 1 saturated heterocycles. The normalized spacial score (nSPS) is 17.7. The van der Waals surface area contributed by atoms with E-state index in [0.717, 1.165) is 10.5 Å². The van der Waals surface area contributed by atoms with Crippen molar-refractivity contribution in [3.05, 3.63) is 41.5 Å². The van der Waals surface area contributed by atoms with Crippen LogP contribution in [-0.2, 0) is 9.53 Å². The van der Waals surface area contributed by atoms with Crippen molar-refractivity contribution >= 4 is 47.0 Å². The van der Waals surface area contributed by atoms with E-state index in [9.17, 15) is 14.4 Å². The fourth-order valence-corrected chi connectivity index (χ4v) is 4.22. The van der Waals surface area contributed by atoms with Crippen molar-refractivity contribution in [1.82, 2.24) is 10.3 Å². The molecule has 4 rings (SSSR count). The van der Waals surface area contributed by atoms with Crippen molar-refractivity contribution in [2.45, 2.75) is 30.8 Å². The molecule has 1 aromatic carbocycles. The van der Waals surface area contributed by atoms with Gasteiger partial charge in [0.2, 0.25) is 5.91 Å². The lowest BCUT2D eigenvalue weighted by atomic mass is 10.1. The summed E-state index contributed by atoms with van der Waals surface area (Å²) in [5.41, 5.74) is 7.77. The Bertz CT molecular complexity index is 1040. The minimum atomic E-state index is -0.469. The number of hydrogen-bond donors (Lipinski definition) is 3. The third kappa shape index (κ3) is 4.58. The van der Waals surface area contributed by atoms with E-state index in [1.807, 2.05) is 19.1 Å². The number of nitrogens with two attached hydrogens (primary N) is 1. The van der Waals surface area contributed by atoms with Crippen molar-refractivity contribution in [3.63, 3.8) is 0 Å². The number of cyclic esters (lactones) is 1. The van der Waals surface area contributed by atoms with E-state index in [0.29, 0.717) is 54.6 Å². The average molecular weight is 442 g/mol. The van der Waals surface area contributed by atoms with Crippen LogP contribution < -0.4 is 21.3 Å². The van der Waals surface area contributed by atoms with E-state index in [2.05, 4.69) is 15.6 Å². The van der Waals surface area contributed by atoms with E-state index in [4.69, 9.17) is 10.5 Å². The molecule has 0 radical (unpaired) electrons. The fourth-order valence-electron chi connectivity index (χ4n) is 3.47. The van der Waals surface area contributed by atoms with Crippen molar-refractivity contribution in [2.24, 2.45) is 0 Å². The van der Waals surface area contributed by atoms with Gasteiger partial charge >= 0.3 is 6.09 Å². The maximum absolute atomic E-state index is 12.3. The van der Waals surface area contributed by atoms with E-state index in [1.54, 1.807) is 18.2 Å². The molecule has 2 aliphatic heterocycles. The standard InChI is InChI=1S/C21H23N5O4S/c1-12-4-2-6-14(18(12)22)20(28)23-9-3-5-13-10-26(21(29)30-13)16-8-7-15-19(24-16)25-17(27)11-31-15/h2,4,6-8,13H,3,5,9-11,22H2,1H3,(H,23,28)(H,24,25,27). The number of amides is 3. The van der Waals surface area contributed by atoms with Crippen LogP contribution in [0, 0.1) is 6.92 Å². The first-order valence-corrected chi connectivity index (χ1v) is 11.0. The van der Waals surface area contributed by atoms with Gasteiger partial charge in [-0.1, -0.05) is 12.1 Å². The molecule has 0 spiro atoms. The Labute approximate surface area is 183 Å². The Morgan fingerprint density at radius 3 is 3.03 bits per heavy atom. The molecule has 3 amide bonds. The second-order valence-electron chi connectivity index (χ2n) is 7.40. The van der Waals surface area contributed by atoms with E-state index in [1.165, 1.54) is 16.7 Å². The number of rotatable bonds is 6. The molecule has 1 fully saturated rings. The second-order valence-corrected chi connectivity index (χ2v) is 8.42. The Kier molecular flexibility index (Phi) is 5.99. The zero-order chi connectivity index (χ0) is 22.0. The minimum absolute atomic E-state index is 0.113. The van der Waals surface area contributed by atoms with Gasteiger partial charge in [0.15, 0.2) is 0 Å². The quantitative estimate of drug-likeness (QED) is 0.464. The Morgan fingerprint density at radius 1 is 1.35 bits per heavy atom. The number of carbonyl (C=O) groups excluding carboxylic acids is 3. The molecule has 1 atom stereocenters. The molecule has 10 heteroatoms. The third-order valence-electron chi connectivity index (χ3n) is 5.17. The van der Waals surface area contributed by atoms with Crippen molar-refractivity contribution in [3.8, 4) is 0 Å². The number of hydrogen-bond acceptors (Lipinski definition) is 7. The first-order chi connectivity index (χ1) is 14.9. The molecule has 1 unspecified atom stereocenters. The number of thioether (sulfide) groups is 1. The largest absolute Gasteiger partial charge is 0.444 e. The predicted molar refractivity (Wildman–Crippen MR) is 118 cm³/mol. The summed E-state index contributed by atoms with van der Waals surface area (Å²) in [4.78, 5) is 42.9. The topological polar surface area (TPSA) is 127 Å². The van der Waals surface area contributed by atoms with Crippen LogP contribution in [0.3, 0.4) is 0 Å². The Hall–Kier alpha value is -3.27. The highest BCUT2D eigenvalue weighted by Crippen LogP contribution is 2.32. The molecule has 31 heavy (non-hydrogen) atoms. The number of ether oxygens (including phenoxy) is 1. The number of nitrogen functional groups attached to an aromatic ring is 1.